The van der Waals surface area contributed by atoms with Gasteiger partial charge in [-0.2, -0.15) is 0 Å². The smallest absolute Gasteiger partial charge is 0.253 e. The summed E-state index contributed by atoms with van der Waals surface area (Å²) in [7, 11) is 1.84. The van der Waals surface area contributed by atoms with E-state index in [0.29, 0.717) is 13.2 Å². The van der Waals surface area contributed by atoms with Crippen molar-refractivity contribution in [2.45, 2.75) is 25.9 Å². The summed E-state index contributed by atoms with van der Waals surface area (Å²) in [6, 6.07) is 5.99. The van der Waals surface area contributed by atoms with E-state index in [4.69, 9.17) is 4.74 Å². The first-order valence-corrected chi connectivity index (χ1v) is 7.40. The van der Waals surface area contributed by atoms with Crippen molar-refractivity contribution in [3.8, 4) is 0 Å². The summed E-state index contributed by atoms with van der Waals surface area (Å²) in [5, 5.41) is 3.30. The van der Waals surface area contributed by atoms with Gasteiger partial charge < -0.3 is 15.0 Å². The van der Waals surface area contributed by atoms with Crippen molar-refractivity contribution in [3.63, 3.8) is 0 Å². The molecule has 1 N–H and O–H groups in total. The van der Waals surface area contributed by atoms with Gasteiger partial charge in [0.05, 0.1) is 6.61 Å². The summed E-state index contributed by atoms with van der Waals surface area (Å²) in [5.74, 6) is 0.856. The first-order valence-electron chi connectivity index (χ1n) is 7.40. The second-order valence-corrected chi connectivity index (χ2v) is 5.83. The highest BCUT2D eigenvalue weighted by atomic mass is 16.5. The van der Waals surface area contributed by atoms with Crippen LogP contribution in [-0.4, -0.2) is 37.6 Å². The molecule has 1 amide bonds. The van der Waals surface area contributed by atoms with Gasteiger partial charge in [-0.25, -0.2) is 0 Å². The maximum atomic E-state index is 12.3. The molecule has 1 aliphatic heterocycles. The highest BCUT2D eigenvalue weighted by Crippen LogP contribution is 2.28. The van der Waals surface area contributed by atoms with Crippen molar-refractivity contribution in [3.05, 3.63) is 34.9 Å². The molecule has 2 aliphatic rings. The summed E-state index contributed by atoms with van der Waals surface area (Å²) >= 11 is 0. The maximum Gasteiger partial charge on any atom is 0.253 e. The Morgan fingerprint density at radius 1 is 1.35 bits per heavy atom. The lowest BCUT2D eigenvalue weighted by molar-refractivity contribution is 0.0681. The summed E-state index contributed by atoms with van der Waals surface area (Å²) in [4.78, 5) is 14.1. The Balaban J connectivity index is 1.51. The quantitative estimate of drug-likeness (QED) is 0.804. The number of rotatable bonds is 6. The average molecular weight is 274 g/mol. The molecule has 0 unspecified atom stereocenters. The third-order valence-corrected chi connectivity index (χ3v) is 4.05. The fourth-order valence-corrected chi connectivity index (χ4v) is 2.49. The molecule has 1 heterocycles. The SMILES string of the molecule is CN(CCOCC1CC1)C(=O)c1ccc2c(c1)CNC2. The summed E-state index contributed by atoms with van der Waals surface area (Å²) in [5.41, 5.74) is 3.32. The zero-order valence-electron chi connectivity index (χ0n) is 12.0. The van der Waals surface area contributed by atoms with Crippen molar-refractivity contribution >= 4 is 5.91 Å². The van der Waals surface area contributed by atoms with Crippen LogP contribution in [0.2, 0.25) is 0 Å². The van der Waals surface area contributed by atoms with Crippen molar-refractivity contribution in [2.24, 2.45) is 5.92 Å². The van der Waals surface area contributed by atoms with Crippen molar-refractivity contribution in [2.75, 3.05) is 26.8 Å². The molecule has 1 aliphatic carbocycles. The third kappa shape index (κ3) is 3.19. The van der Waals surface area contributed by atoms with Gasteiger partial charge in [0.1, 0.15) is 0 Å². The molecule has 108 valence electrons. The van der Waals surface area contributed by atoms with E-state index in [1.165, 1.54) is 24.0 Å². The van der Waals surface area contributed by atoms with E-state index < -0.39 is 0 Å². The van der Waals surface area contributed by atoms with E-state index in [1.807, 2.05) is 19.2 Å². The highest BCUT2D eigenvalue weighted by Gasteiger charge is 2.21. The minimum atomic E-state index is 0.0784. The fraction of sp³-hybridized carbons (Fsp3) is 0.562. The van der Waals surface area contributed by atoms with Crippen molar-refractivity contribution < 1.29 is 9.53 Å². The molecule has 0 bridgehead atoms. The summed E-state index contributed by atoms with van der Waals surface area (Å²) < 4.78 is 5.58. The number of hydrogen-bond donors (Lipinski definition) is 1. The summed E-state index contributed by atoms with van der Waals surface area (Å²) in [6.07, 6.45) is 2.61. The van der Waals surface area contributed by atoms with Crippen LogP contribution < -0.4 is 5.32 Å². The number of fused-ring (bicyclic) bond motifs is 1. The van der Waals surface area contributed by atoms with Gasteiger partial charge in [0.15, 0.2) is 0 Å². The number of carbonyl (C=O) groups is 1. The lowest BCUT2D eigenvalue weighted by Crippen LogP contribution is -2.30. The van der Waals surface area contributed by atoms with Crippen LogP contribution in [-0.2, 0) is 17.8 Å². The number of likely N-dealkylation sites (N-methyl/N-ethyl adjacent to an activating group) is 1. The Hall–Kier alpha value is -1.39. The molecule has 0 radical (unpaired) electrons. The monoisotopic (exact) mass is 274 g/mol. The molecular weight excluding hydrogens is 252 g/mol. The van der Waals surface area contributed by atoms with Gasteiger partial charge in [-0.3, -0.25) is 4.79 Å². The summed E-state index contributed by atoms with van der Waals surface area (Å²) in [6.45, 7) is 3.91. The molecule has 3 rings (SSSR count). The molecule has 1 saturated carbocycles. The normalized spacial score (nSPS) is 17.1. The maximum absolute atomic E-state index is 12.3. The number of benzene rings is 1. The molecule has 0 atom stereocenters. The van der Waals surface area contributed by atoms with E-state index in [0.717, 1.165) is 31.2 Å². The second-order valence-electron chi connectivity index (χ2n) is 5.83. The van der Waals surface area contributed by atoms with Gasteiger partial charge in [-0.05, 0) is 42.0 Å². The highest BCUT2D eigenvalue weighted by molar-refractivity contribution is 5.94. The molecule has 1 aromatic carbocycles. The van der Waals surface area contributed by atoms with Crippen LogP contribution in [0.1, 0.15) is 34.3 Å². The van der Waals surface area contributed by atoms with Gasteiger partial charge in [0.2, 0.25) is 0 Å². The Morgan fingerprint density at radius 2 is 2.15 bits per heavy atom. The third-order valence-electron chi connectivity index (χ3n) is 4.05. The van der Waals surface area contributed by atoms with E-state index in [2.05, 4.69) is 11.4 Å². The molecule has 1 aromatic rings. The van der Waals surface area contributed by atoms with Crippen molar-refractivity contribution in [1.82, 2.24) is 10.2 Å². The number of nitrogens with zero attached hydrogens (tertiary/aromatic N) is 1. The van der Waals surface area contributed by atoms with E-state index >= 15 is 0 Å². The Morgan fingerprint density at radius 3 is 2.95 bits per heavy atom. The molecule has 0 spiro atoms. The van der Waals surface area contributed by atoms with Gasteiger partial charge in [-0.15, -0.1) is 0 Å². The van der Waals surface area contributed by atoms with Crippen LogP contribution in [0, 0.1) is 5.92 Å². The van der Waals surface area contributed by atoms with E-state index in [1.54, 1.807) is 4.90 Å². The Kier molecular flexibility index (Phi) is 4.03. The lowest BCUT2D eigenvalue weighted by Gasteiger charge is -2.17. The molecule has 4 heteroatoms. The number of nitrogens with one attached hydrogen (secondary N) is 1. The first kappa shape index (κ1) is 13.6. The van der Waals surface area contributed by atoms with Gasteiger partial charge in [0, 0.05) is 38.9 Å². The molecule has 0 aromatic heterocycles. The standard InChI is InChI=1S/C16H22N2O2/c1-18(6-7-20-11-12-2-3-12)16(19)13-4-5-14-9-17-10-15(14)8-13/h4-5,8,12,17H,2-3,6-7,9-11H2,1H3. The van der Waals surface area contributed by atoms with Gasteiger partial charge >= 0.3 is 0 Å². The number of ether oxygens (including phenoxy) is 1. The van der Waals surface area contributed by atoms with Gasteiger partial charge in [-0.1, -0.05) is 6.07 Å². The zero-order valence-corrected chi connectivity index (χ0v) is 12.0. The predicted molar refractivity (Wildman–Crippen MR) is 77.5 cm³/mol. The number of hydrogen-bond acceptors (Lipinski definition) is 3. The van der Waals surface area contributed by atoms with Crippen molar-refractivity contribution in [1.29, 1.82) is 0 Å². The first-order chi connectivity index (χ1) is 9.74. The minimum absolute atomic E-state index is 0.0784. The molecule has 20 heavy (non-hydrogen) atoms. The Bertz CT molecular complexity index is 497. The lowest BCUT2D eigenvalue weighted by atomic mass is 10.1. The van der Waals surface area contributed by atoms with Crippen LogP contribution >= 0.6 is 0 Å². The fourth-order valence-electron chi connectivity index (χ4n) is 2.49. The number of amides is 1. The topological polar surface area (TPSA) is 41.6 Å². The second kappa shape index (κ2) is 5.94. The molecular formula is C16H22N2O2. The van der Waals surface area contributed by atoms with Crippen LogP contribution in [0.4, 0.5) is 0 Å². The van der Waals surface area contributed by atoms with Crippen LogP contribution in [0.15, 0.2) is 18.2 Å². The van der Waals surface area contributed by atoms with E-state index in [9.17, 15) is 4.79 Å². The largest absolute Gasteiger partial charge is 0.379 e. The van der Waals surface area contributed by atoms with E-state index in [-0.39, 0.29) is 5.91 Å². The molecule has 4 nitrogen and oxygen atoms in total. The zero-order chi connectivity index (χ0) is 13.9. The Labute approximate surface area is 120 Å². The molecule has 0 saturated heterocycles. The van der Waals surface area contributed by atoms with Crippen LogP contribution in [0.25, 0.3) is 0 Å². The van der Waals surface area contributed by atoms with Crippen LogP contribution in [0.3, 0.4) is 0 Å². The van der Waals surface area contributed by atoms with Gasteiger partial charge in [0.25, 0.3) is 5.91 Å². The van der Waals surface area contributed by atoms with Crippen LogP contribution in [0.5, 0.6) is 0 Å². The molecule has 1 fully saturated rings. The predicted octanol–water partition coefficient (Wildman–Crippen LogP) is 1.79. The average Bonchev–Trinajstić information content (AvgIpc) is 3.17. The number of carbonyl (C=O) groups excluding carboxylic acids is 1. The minimum Gasteiger partial charge on any atom is -0.379 e.